The van der Waals surface area contributed by atoms with Gasteiger partial charge in [0.15, 0.2) is 11.5 Å². The molecule has 1 amide bonds. The van der Waals surface area contributed by atoms with Gasteiger partial charge in [0.1, 0.15) is 0 Å². The first-order chi connectivity index (χ1) is 14.6. The molecule has 1 aromatic carbocycles. The van der Waals surface area contributed by atoms with Crippen LogP contribution in [0.15, 0.2) is 54.9 Å². The number of pyridine rings is 1. The van der Waals surface area contributed by atoms with Crippen molar-refractivity contribution < 1.29 is 9.53 Å². The number of hydrogen-bond acceptors (Lipinski definition) is 4. The van der Waals surface area contributed by atoms with Crippen LogP contribution in [0.1, 0.15) is 42.5 Å². The van der Waals surface area contributed by atoms with Crippen molar-refractivity contribution in [2.24, 2.45) is 5.92 Å². The maximum Gasteiger partial charge on any atom is 0.252 e. The molecule has 0 aliphatic carbocycles. The first kappa shape index (κ1) is 20.1. The Morgan fingerprint density at radius 3 is 2.77 bits per heavy atom. The van der Waals surface area contributed by atoms with Gasteiger partial charge >= 0.3 is 0 Å². The third-order valence-corrected chi connectivity index (χ3v) is 5.26. The molecule has 0 aliphatic heterocycles. The Kier molecular flexibility index (Phi) is 5.81. The molecule has 1 atom stereocenters. The van der Waals surface area contributed by atoms with Crippen LogP contribution in [0.4, 0.5) is 0 Å². The molecule has 3 heterocycles. The largest absolute Gasteiger partial charge is 0.383 e. The molecule has 156 valence electrons. The van der Waals surface area contributed by atoms with Crippen LogP contribution in [-0.4, -0.2) is 38.8 Å². The molecule has 1 N–H and O–H groups in total. The molecule has 7 nitrogen and oxygen atoms in total. The minimum Gasteiger partial charge on any atom is -0.383 e. The monoisotopic (exact) mass is 405 g/mol. The van der Waals surface area contributed by atoms with E-state index in [0.29, 0.717) is 18.1 Å². The summed E-state index contributed by atoms with van der Waals surface area (Å²) < 4.78 is 9.24. The molecule has 0 radical (unpaired) electrons. The van der Waals surface area contributed by atoms with Gasteiger partial charge in [-0.3, -0.25) is 9.20 Å². The summed E-state index contributed by atoms with van der Waals surface area (Å²) in [6.45, 7) is 5.64. The molecule has 0 spiro atoms. The molecule has 4 rings (SSSR count). The Morgan fingerprint density at radius 2 is 1.97 bits per heavy atom. The van der Waals surface area contributed by atoms with Crippen LogP contribution in [0.2, 0.25) is 0 Å². The van der Waals surface area contributed by atoms with Crippen molar-refractivity contribution in [3.63, 3.8) is 0 Å². The number of nitrogens with zero attached hydrogens (tertiary/aromatic N) is 4. The van der Waals surface area contributed by atoms with Crippen molar-refractivity contribution in [3.8, 4) is 0 Å². The number of amides is 1. The Bertz CT molecular complexity index is 1160. The lowest BCUT2D eigenvalue weighted by Gasteiger charge is -2.19. The van der Waals surface area contributed by atoms with Crippen molar-refractivity contribution in [1.82, 2.24) is 24.5 Å². The zero-order chi connectivity index (χ0) is 21.1. The first-order valence-corrected chi connectivity index (χ1v) is 10.3. The fraction of sp³-hybridized carbons (Fsp3) is 0.348. The van der Waals surface area contributed by atoms with Crippen LogP contribution in [0.5, 0.6) is 0 Å². The highest BCUT2D eigenvalue weighted by Crippen LogP contribution is 2.24. The van der Waals surface area contributed by atoms with E-state index >= 15 is 0 Å². The van der Waals surface area contributed by atoms with E-state index in [9.17, 15) is 4.79 Å². The maximum atomic E-state index is 13.3. The fourth-order valence-electron chi connectivity index (χ4n) is 3.84. The second kappa shape index (κ2) is 8.67. The number of carbonyl (C=O) groups is 1. The lowest BCUT2D eigenvalue weighted by Crippen LogP contribution is -2.31. The van der Waals surface area contributed by atoms with Gasteiger partial charge < -0.3 is 14.6 Å². The predicted molar refractivity (Wildman–Crippen MR) is 116 cm³/mol. The molecule has 7 heteroatoms. The van der Waals surface area contributed by atoms with Crippen LogP contribution >= 0.6 is 0 Å². The highest BCUT2D eigenvalue weighted by molar-refractivity contribution is 6.06. The fourth-order valence-corrected chi connectivity index (χ4v) is 3.84. The number of methoxy groups -OCH3 is 1. The lowest BCUT2D eigenvalue weighted by atomic mass is 10.0. The highest BCUT2D eigenvalue weighted by atomic mass is 16.5. The van der Waals surface area contributed by atoms with Gasteiger partial charge in [0.05, 0.1) is 12.6 Å². The van der Waals surface area contributed by atoms with Crippen LogP contribution < -0.4 is 5.32 Å². The van der Waals surface area contributed by atoms with E-state index in [0.717, 1.165) is 35.3 Å². The molecule has 4 aromatic rings. The Labute approximate surface area is 175 Å². The number of aromatic nitrogens is 4. The third kappa shape index (κ3) is 3.93. The van der Waals surface area contributed by atoms with Gasteiger partial charge in [-0.05, 0) is 42.7 Å². The lowest BCUT2D eigenvalue weighted by molar-refractivity contribution is 0.0931. The van der Waals surface area contributed by atoms with E-state index in [4.69, 9.17) is 4.74 Å². The van der Waals surface area contributed by atoms with Crippen molar-refractivity contribution >= 4 is 22.5 Å². The molecular formula is C23H27N5O2. The molecule has 3 aromatic heterocycles. The third-order valence-electron chi connectivity index (χ3n) is 5.26. The van der Waals surface area contributed by atoms with E-state index in [-0.39, 0.29) is 11.9 Å². The Balaban J connectivity index is 1.65. The van der Waals surface area contributed by atoms with Crippen molar-refractivity contribution in [2.45, 2.75) is 32.9 Å². The van der Waals surface area contributed by atoms with Crippen LogP contribution in [0, 0.1) is 5.92 Å². The average Bonchev–Trinajstić information content (AvgIpc) is 3.35. The minimum atomic E-state index is -0.235. The van der Waals surface area contributed by atoms with Gasteiger partial charge in [-0.25, -0.2) is 0 Å². The number of ether oxygens (including phenoxy) is 1. The summed E-state index contributed by atoms with van der Waals surface area (Å²) in [6, 6.07) is 13.4. The van der Waals surface area contributed by atoms with Crippen molar-refractivity contribution in [1.29, 1.82) is 0 Å². The second-order valence-electron chi connectivity index (χ2n) is 7.88. The topological polar surface area (TPSA) is 73.4 Å². The SMILES string of the molecule is COCCn1ccc2c(C(=O)N[C@H](CC(C)C)c3nnc4ccccn34)cccc21. The number of carbonyl (C=O) groups excluding carboxylic acids is 1. The minimum absolute atomic E-state index is 0.108. The average molecular weight is 406 g/mol. The highest BCUT2D eigenvalue weighted by Gasteiger charge is 2.23. The quantitative estimate of drug-likeness (QED) is 0.483. The van der Waals surface area contributed by atoms with Crippen LogP contribution in [-0.2, 0) is 11.3 Å². The van der Waals surface area contributed by atoms with Crippen molar-refractivity contribution in [3.05, 3.63) is 66.2 Å². The summed E-state index contributed by atoms with van der Waals surface area (Å²) in [4.78, 5) is 13.3. The van der Waals surface area contributed by atoms with Crippen LogP contribution in [0.3, 0.4) is 0 Å². The number of rotatable bonds is 8. The standard InChI is InChI=1S/C23H27N5O2/c1-16(2)15-19(22-26-25-21-9-4-5-11-28(21)22)24-23(29)18-7-6-8-20-17(18)10-12-27(20)13-14-30-3/h4-12,16,19H,13-15H2,1-3H3,(H,24,29)/t19-/m1/s1. The molecule has 0 fully saturated rings. The first-order valence-electron chi connectivity index (χ1n) is 10.3. The zero-order valence-corrected chi connectivity index (χ0v) is 17.6. The second-order valence-corrected chi connectivity index (χ2v) is 7.88. The summed E-state index contributed by atoms with van der Waals surface area (Å²) in [5.74, 6) is 1.03. The molecule has 0 saturated carbocycles. The van der Waals surface area contributed by atoms with E-state index in [1.165, 1.54) is 0 Å². The number of fused-ring (bicyclic) bond motifs is 2. The van der Waals surface area contributed by atoms with E-state index in [2.05, 4.69) is 33.9 Å². The number of nitrogens with one attached hydrogen (secondary N) is 1. The smallest absolute Gasteiger partial charge is 0.252 e. The molecule has 0 unspecified atom stereocenters. The summed E-state index contributed by atoms with van der Waals surface area (Å²) in [6.07, 6.45) is 4.70. The molecular weight excluding hydrogens is 378 g/mol. The van der Waals surface area contributed by atoms with E-state index < -0.39 is 0 Å². The van der Waals surface area contributed by atoms with Crippen LogP contribution in [0.25, 0.3) is 16.6 Å². The van der Waals surface area contributed by atoms with Gasteiger partial charge in [0.2, 0.25) is 0 Å². The Morgan fingerprint density at radius 1 is 1.10 bits per heavy atom. The van der Waals surface area contributed by atoms with Gasteiger partial charge in [-0.2, -0.15) is 0 Å². The molecule has 0 aliphatic rings. The van der Waals surface area contributed by atoms with E-state index in [1.54, 1.807) is 7.11 Å². The predicted octanol–water partition coefficient (Wildman–Crippen LogP) is 3.85. The Hall–Kier alpha value is -3.19. The van der Waals surface area contributed by atoms with Gasteiger partial charge in [0.25, 0.3) is 5.91 Å². The summed E-state index contributed by atoms with van der Waals surface area (Å²) in [5, 5.41) is 12.8. The number of benzene rings is 1. The molecule has 30 heavy (non-hydrogen) atoms. The molecule has 0 saturated heterocycles. The van der Waals surface area contributed by atoms with E-state index in [1.807, 2.05) is 59.3 Å². The van der Waals surface area contributed by atoms with Gasteiger partial charge in [-0.15, -0.1) is 10.2 Å². The summed E-state index contributed by atoms with van der Waals surface area (Å²) in [7, 11) is 1.69. The summed E-state index contributed by atoms with van der Waals surface area (Å²) >= 11 is 0. The number of hydrogen-bond donors (Lipinski definition) is 1. The van der Waals surface area contributed by atoms with Gasteiger partial charge in [0, 0.05) is 42.5 Å². The molecule has 0 bridgehead atoms. The maximum absolute atomic E-state index is 13.3. The normalized spacial score (nSPS) is 12.7. The summed E-state index contributed by atoms with van der Waals surface area (Å²) in [5.41, 5.74) is 2.45. The van der Waals surface area contributed by atoms with Gasteiger partial charge in [-0.1, -0.05) is 26.0 Å². The van der Waals surface area contributed by atoms with Crippen molar-refractivity contribution in [2.75, 3.05) is 13.7 Å². The zero-order valence-electron chi connectivity index (χ0n) is 17.6.